The van der Waals surface area contributed by atoms with Crippen molar-refractivity contribution in [3.63, 3.8) is 0 Å². The van der Waals surface area contributed by atoms with E-state index in [0.717, 1.165) is 11.8 Å². The number of hydrogen-bond donors (Lipinski definition) is 0. The Morgan fingerprint density at radius 2 is 1.93 bits per heavy atom. The van der Waals surface area contributed by atoms with Crippen molar-refractivity contribution in [2.45, 2.75) is 25.9 Å². The number of allylic oxidation sites excluding steroid dienone is 1. The van der Waals surface area contributed by atoms with E-state index in [1.807, 2.05) is 0 Å². The first-order chi connectivity index (χ1) is 7.08. The largest absolute Gasteiger partial charge is 0.463 e. The van der Waals surface area contributed by atoms with Crippen LogP contribution in [0.25, 0.3) is 0 Å². The van der Waals surface area contributed by atoms with Crippen LogP contribution in [-0.4, -0.2) is 32.5 Å². The van der Waals surface area contributed by atoms with Gasteiger partial charge in [-0.3, -0.25) is 0 Å². The molecule has 0 radical (unpaired) electrons. The fourth-order valence-electron chi connectivity index (χ4n) is 0.956. The van der Waals surface area contributed by atoms with Gasteiger partial charge >= 0.3 is 5.97 Å². The standard InChI is InChI=1S/C10H16O4Si/c1-3-5-10(13)14-6-4-7-15(2,8-11)9-12/h3,5,8-9H,4,6-7H2,1-2H3. The molecule has 0 saturated carbocycles. The Kier molecular flexibility index (Phi) is 6.53. The van der Waals surface area contributed by atoms with Crippen molar-refractivity contribution in [3.05, 3.63) is 12.2 Å². The lowest BCUT2D eigenvalue weighted by molar-refractivity contribution is -0.137. The number of carbonyl (C=O) groups is 3. The Labute approximate surface area is 90.3 Å². The van der Waals surface area contributed by atoms with Gasteiger partial charge in [0, 0.05) is 6.08 Å². The summed E-state index contributed by atoms with van der Waals surface area (Å²) in [4.78, 5) is 32.1. The summed E-state index contributed by atoms with van der Waals surface area (Å²) in [5.41, 5.74) is 0. The molecule has 5 heteroatoms. The number of esters is 1. The number of rotatable bonds is 7. The molecule has 0 fully saturated rings. The third-order valence-electron chi connectivity index (χ3n) is 1.95. The van der Waals surface area contributed by atoms with E-state index < -0.39 is 14.0 Å². The Morgan fingerprint density at radius 1 is 1.33 bits per heavy atom. The predicted octanol–water partition coefficient (Wildman–Crippen LogP) is 1.12. The van der Waals surface area contributed by atoms with Crippen LogP contribution in [0.5, 0.6) is 0 Å². The summed E-state index contributed by atoms with van der Waals surface area (Å²) in [7, 11) is -2.36. The van der Waals surface area contributed by atoms with Gasteiger partial charge in [0.2, 0.25) is 0 Å². The van der Waals surface area contributed by atoms with Crippen molar-refractivity contribution in [1.82, 2.24) is 0 Å². The zero-order valence-corrected chi connectivity index (χ0v) is 10.1. The molecule has 0 amide bonds. The van der Waals surface area contributed by atoms with Gasteiger partial charge in [-0.1, -0.05) is 12.6 Å². The van der Waals surface area contributed by atoms with Gasteiger partial charge in [0.1, 0.15) is 11.8 Å². The summed E-state index contributed by atoms with van der Waals surface area (Å²) < 4.78 is 4.83. The van der Waals surface area contributed by atoms with Crippen LogP contribution < -0.4 is 0 Å². The van der Waals surface area contributed by atoms with E-state index in [1.165, 1.54) is 6.08 Å². The molecule has 84 valence electrons. The predicted molar refractivity (Wildman–Crippen MR) is 60.3 cm³/mol. The third-order valence-corrected chi connectivity index (χ3v) is 4.45. The van der Waals surface area contributed by atoms with Crippen molar-refractivity contribution in [2.24, 2.45) is 0 Å². The Bertz CT molecular complexity index is 252. The highest BCUT2D eigenvalue weighted by Gasteiger charge is 2.25. The molecule has 15 heavy (non-hydrogen) atoms. The molecule has 4 nitrogen and oxygen atoms in total. The monoisotopic (exact) mass is 228 g/mol. The van der Waals surface area contributed by atoms with Gasteiger partial charge in [-0.15, -0.1) is 0 Å². The van der Waals surface area contributed by atoms with E-state index in [-0.39, 0.29) is 6.61 Å². The lowest BCUT2D eigenvalue weighted by atomic mass is 10.5. The Hall–Kier alpha value is -1.23. The fourth-order valence-corrected chi connectivity index (χ4v) is 2.15. The van der Waals surface area contributed by atoms with Gasteiger partial charge in [-0.25, -0.2) is 4.79 Å². The summed E-state index contributed by atoms with van der Waals surface area (Å²) in [6.07, 6.45) is 3.48. The summed E-state index contributed by atoms with van der Waals surface area (Å²) in [6.45, 7) is 3.68. The van der Waals surface area contributed by atoms with Gasteiger partial charge < -0.3 is 14.3 Å². The minimum Gasteiger partial charge on any atom is -0.463 e. The molecule has 0 aromatic carbocycles. The zero-order valence-electron chi connectivity index (χ0n) is 9.06. The second kappa shape index (κ2) is 7.11. The van der Waals surface area contributed by atoms with E-state index in [0.29, 0.717) is 12.5 Å². The van der Waals surface area contributed by atoms with Crippen molar-refractivity contribution in [1.29, 1.82) is 0 Å². The van der Waals surface area contributed by atoms with Crippen LogP contribution >= 0.6 is 0 Å². The second-order valence-electron chi connectivity index (χ2n) is 3.51. The van der Waals surface area contributed by atoms with Gasteiger partial charge in [0.15, 0.2) is 8.07 Å². The first-order valence-electron chi connectivity index (χ1n) is 4.80. The molecule has 0 aromatic heterocycles. The number of hydrogen-bond acceptors (Lipinski definition) is 4. The quantitative estimate of drug-likeness (QED) is 0.215. The Balaban J connectivity index is 3.75. The van der Waals surface area contributed by atoms with Crippen LogP contribution in [0.2, 0.25) is 12.6 Å². The van der Waals surface area contributed by atoms with Crippen LogP contribution in [0.3, 0.4) is 0 Å². The number of ether oxygens (including phenoxy) is 1. The molecule has 0 atom stereocenters. The van der Waals surface area contributed by atoms with Crippen LogP contribution in [0.4, 0.5) is 0 Å². The highest BCUT2D eigenvalue weighted by molar-refractivity contribution is 7.17. The molecule has 0 heterocycles. The summed E-state index contributed by atoms with van der Waals surface area (Å²) in [5, 5.41) is 0. The van der Waals surface area contributed by atoms with Crippen molar-refractivity contribution in [3.8, 4) is 0 Å². The highest BCUT2D eigenvalue weighted by atomic mass is 28.3. The second-order valence-corrected chi connectivity index (χ2v) is 7.50. The summed E-state index contributed by atoms with van der Waals surface area (Å²) >= 11 is 0. The molecule has 0 spiro atoms. The van der Waals surface area contributed by atoms with Crippen LogP contribution in [0.1, 0.15) is 13.3 Å². The minimum absolute atomic E-state index is 0.257. The molecular weight excluding hydrogens is 212 g/mol. The molecule has 0 aromatic rings. The normalized spacial score (nSPS) is 11.3. The molecule has 0 aliphatic heterocycles. The maximum absolute atomic E-state index is 10.9. The van der Waals surface area contributed by atoms with E-state index >= 15 is 0 Å². The molecule has 0 aliphatic carbocycles. The minimum atomic E-state index is -2.36. The Morgan fingerprint density at radius 3 is 2.40 bits per heavy atom. The molecule has 0 aliphatic rings. The molecule has 0 saturated heterocycles. The third kappa shape index (κ3) is 5.95. The van der Waals surface area contributed by atoms with Gasteiger partial charge in [0.05, 0.1) is 6.61 Å². The topological polar surface area (TPSA) is 60.4 Å². The van der Waals surface area contributed by atoms with Crippen molar-refractivity contribution in [2.75, 3.05) is 6.61 Å². The maximum atomic E-state index is 10.9. The average Bonchev–Trinajstić information content (AvgIpc) is 2.24. The van der Waals surface area contributed by atoms with E-state index in [9.17, 15) is 14.4 Å². The summed E-state index contributed by atoms with van der Waals surface area (Å²) in [5.74, 6) is 1.12. The lowest BCUT2D eigenvalue weighted by Crippen LogP contribution is -2.35. The van der Waals surface area contributed by atoms with Gasteiger partial charge in [-0.2, -0.15) is 0 Å². The van der Waals surface area contributed by atoms with E-state index in [1.54, 1.807) is 19.5 Å². The van der Waals surface area contributed by atoms with Gasteiger partial charge in [0.25, 0.3) is 0 Å². The van der Waals surface area contributed by atoms with Crippen LogP contribution in [0.15, 0.2) is 12.2 Å². The molecule has 0 bridgehead atoms. The fraction of sp³-hybridized carbons (Fsp3) is 0.500. The first-order valence-corrected chi connectivity index (χ1v) is 7.66. The van der Waals surface area contributed by atoms with Crippen molar-refractivity contribution >= 4 is 25.9 Å². The SMILES string of the molecule is CC=CC(=O)OCCC[Si](C)(C=O)C=O. The lowest BCUT2D eigenvalue weighted by Gasteiger charge is -2.11. The summed E-state index contributed by atoms with van der Waals surface area (Å²) in [6, 6.07) is 0.531. The molecule has 0 N–H and O–H groups in total. The smallest absolute Gasteiger partial charge is 0.330 e. The average molecular weight is 228 g/mol. The van der Waals surface area contributed by atoms with Crippen molar-refractivity contribution < 1.29 is 19.1 Å². The highest BCUT2D eigenvalue weighted by Crippen LogP contribution is 2.06. The van der Waals surface area contributed by atoms with Crippen LogP contribution in [0, 0.1) is 0 Å². The van der Waals surface area contributed by atoms with Gasteiger partial charge in [-0.05, 0) is 19.4 Å². The van der Waals surface area contributed by atoms with E-state index in [4.69, 9.17) is 4.74 Å². The van der Waals surface area contributed by atoms with Crippen LogP contribution in [-0.2, 0) is 19.1 Å². The maximum Gasteiger partial charge on any atom is 0.330 e. The zero-order chi connectivity index (χ0) is 11.7. The number of carbonyl (C=O) groups excluding carboxylic acids is 3. The molecule has 0 rings (SSSR count). The molecular formula is C10H16O4Si. The first kappa shape index (κ1) is 13.8. The van der Waals surface area contributed by atoms with E-state index in [2.05, 4.69) is 0 Å². The molecule has 0 unspecified atom stereocenters.